The Morgan fingerprint density at radius 2 is 1.80 bits per heavy atom. The van der Waals surface area contributed by atoms with Gasteiger partial charge < -0.3 is 0 Å². The van der Waals surface area contributed by atoms with Crippen LogP contribution in [0.4, 0.5) is 5.69 Å². The van der Waals surface area contributed by atoms with Crippen molar-refractivity contribution in [3.63, 3.8) is 0 Å². The van der Waals surface area contributed by atoms with E-state index in [4.69, 9.17) is 0 Å². The topological polar surface area (TPSA) is 103 Å². The number of fused-ring (bicyclic) bond motifs is 1. The van der Waals surface area contributed by atoms with E-state index in [1.807, 2.05) is 18.2 Å². The molecule has 7 heteroatoms. The van der Waals surface area contributed by atoms with Gasteiger partial charge in [-0.25, -0.2) is 0 Å². The number of rotatable bonds is 5. The third-order valence-corrected chi connectivity index (χ3v) is 4.64. The van der Waals surface area contributed by atoms with Crippen LogP contribution in [0.5, 0.6) is 0 Å². The fourth-order valence-corrected chi connectivity index (χ4v) is 3.53. The van der Waals surface area contributed by atoms with Gasteiger partial charge in [-0.3, -0.25) is 25.0 Å². The molecule has 0 aliphatic heterocycles. The summed E-state index contributed by atoms with van der Waals surface area (Å²) in [5, 5.41) is 22.3. The van der Waals surface area contributed by atoms with E-state index in [9.17, 15) is 25.0 Å². The van der Waals surface area contributed by atoms with Crippen LogP contribution < -0.4 is 0 Å². The Labute approximate surface area is 143 Å². The lowest BCUT2D eigenvalue weighted by Gasteiger charge is -2.29. The molecular formula is C18H16N2O5. The van der Waals surface area contributed by atoms with Crippen molar-refractivity contribution in [3.05, 3.63) is 85.4 Å². The smallest absolute Gasteiger partial charge is 0.269 e. The molecule has 7 nitrogen and oxygen atoms in total. The molecule has 2 unspecified atom stereocenters. The normalized spacial score (nSPS) is 17.6. The lowest BCUT2D eigenvalue weighted by molar-refractivity contribution is -0.483. The largest absolute Gasteiger partial charge is 0.299 e. The zero-order valence-corrected chi connectivity index (χ0v) is 13.3. The number of hydrogen-bond donors (Lipinski definition) is 0. The molecule has 1 aliphatic carbocycles. The highest BCUT2D eigenvalue weighted by Crippen LogP contribution is 2.40. The molecule has 2 aromatic carbocycles. The molecule has 0 saturated heterocycles. The Balaban J connectivity index is 2.10. The fourth-order valence-electron chi connectivity index (χ4n) is 3.53. The summed E-state index contributed by atoms with van der Waals surface area (Å²) in [6.45, 7) is -0.452. The molecule has 0 aromatic heterocycles. The number of hydrogen-bond acceptors (Lipinski definition) is 5. The molecule has 2 aromatic rings. The molecule has 0 N–H and O–H groups in total. The van der Waals surface area contributed by atoms with E-state index in [1.54, 1.807) is 12.1 Å². The van der Waals surface area contributed by atoms with Crippen LogP contribution in [0.25, 0.3) is 0 Å². The summed E-state index contributed by atoms with van der Waals surface area (Å²) in [6, 6.07) is 13.2. The highest BCUT2D eigenvalue weighted by atomic mass is 16.6. The van der Waals surface area contributed by atoms with E-state index < -0.39 is 28.2 Å². The molecule has 0 saturated carbocycles. The maximum atomic E-state index is 12.6. The summed E-state index contributed by atoms with van der Waals surface area (Å²) >= 11 is 0. The lowest BCUT2D eigenvalue weighted by Crippen LogP contribution is -2.30. The van der Waals surface area contributed by atoms with Gasteiger partial charge in [0.2, 0.25) is 6.54 Å². The van der Waals surface area contributed by atoms with Crippen LogP contribution in [0.2, 0.25) is 0 Å². The predicted molar refractivity (Wildman–Crippen MR) is 90.2 cm³/mol. The van der Waals surface area contributed by atoms with E-state index in [2.05, 4.69) is 0 Å². The first-order valence-electron chi connectivity index (χ1n) is 7.94. The first kappa shape index (κ1) is 16.8. The number of carbonyl (C=O) groups excluding carboxylic acids is 1. The van der Waals surface area contributed by atoms with E-state index in [-0.39, 0.29) is 11.5 Å². The number of non-ortho nitro benzene ring substituents is 1. The summed E-state index contributed by atoms with van der Waals surface area (Å²) < 4.78 is 0. The Morgan fingerprint density at radius 1 is 1.04 bits per heavy atom. The van der Waals surface area contributed by atoms with Crippen LogP contribution >= 0.6 is 0 Å². The maximum Gasteiger partial charge on any atom is 0.269 e. The average molecular weight is 340 g/mol. The summed E-state index contributed by atoms with van der Waals surface area (Å²) in [5.41, 5.74) is 2.10. The van der Waals surface area contributed by atoms with Crippen molar-refractivity contribution < 1.29 is 14.6 Å². The van der Waals surface area contributed by atoms with E-state index in [0.29, 0.717) is 18.4 Å². The third-order valence-electron chi connectivity index (χ3n) is 4.64. The second-order valence-corrected chi connectivity index (χ2v) is 6.12. The van der Waals surface area contributed by atoms with Crippen molar-refractivity contribution in [2.24, 2.45) is 0 Å². The lowest BCUT2D eigenvalue weighted by atomic mass is 9.72. The average Bonchev–Trinajstić information content (AvgIpc) is 2.60. The summed E-state index contributed by atoms with van der Waals surface area (Å²) in [7, 11) is 0. The van der Waals surface area contributed by atoms with Crippen molar-refractivity contribution in [1.29, 1.82) is 0 Å². The molecular weight excluding hydrogens is 324 g/mol. The SMILES string of the molecule is O=C1CCc2ccccc2C1C(C[N+](=O)[O-])c1cccc([N+](=O)[O-])c1. The van der Waals surface area contributed by atoms with Crippen LogP contribution in [-0.2, 0) is 11.2 Å². The molecule has 25 heavy (non-hydrogen) atoms. The van der Waals surface area contributed by atoms with Crippen molar-refractivity contribution in [3.8, 4) is 0 Å². The Kier molecular flexibility index (Phi) is 4.56. The molecule has 3 rings (SSSR count). The molecule has 0 amide bonds. The van der Waals surface area contributed by atoms with Gasteiger partial charge in [0.25, 0.3) is 5.69 Å². The van der Waals surface area contributed by atoms with Gasteiger partial charge in [0.05, 0.1) is 16.8 Å². The molecule has 0 spiro atoms. The van der Waals surface area contributed by atoms with Gasteiger partial charge in [-0.1, -0.05) is 36.4 Å². The van der Waals surface area contributed by atoms with Crippen LogP contribution in [0, 0.1) is 20.2 Å². The summed E-state index contributed by atoms with van der Waals surface area (Å²) in [4.78, 5) is 33.9. The van der Waals surface area contributed by atoms with Crippen LogP contribution in [0.15, 0.2) is 48.5 Å². The number of aryl methyl sites for hydroxylation is 1. The number of carbonyl (C=O) groups is 1. The summed E-state index contributed by atoms with van der Waals surface area (Å²) in [6.07, 6.45) is 0.941. The van der Waals surface area contributed by atoms with Crippen LogP contribution in [-0.4, -0.2) is 22.2 Å². The minimum atomic E-state index is -0.733. The van der Waals surface area contributed by atoms with Gasteiger partial charge in [0.15, 0.2) is 0 Å². The van der Waals surface area contributed by atoms with Gasteiger partial charge in [0, 0.05) is 23.5 Å². The van der Waals surface area contributed by atoms with Crippen LogP contribution in [0.3, 0.4) is 0 Å². The third kappa shape index (κ3) is 3.40. The van der Waals surface area contributed by atoms with Gasteiger partial charge in [-0.15, -0.1) is 0 Å². The highest BCUT2D eigenvalue weighted by molar-refractivity contribution is 5.89. The van der Waals surface area contributed by atoms with Crippen LogP contribution in [0.1, 0.15) is 34.9 Å². The zero-order valence-electron chi connectivity index (χ0n) is 13.3. The molecule has 0 radical (unpaired) electrons. The number of ketones is 1. The molecule has 0 fully saturated rings. The predicted octanol–water partition coefficient (Wildman–Crippen LogP) is 3.25. The number of nitrogens with zero attached hydrogens (tertiary/aromatic N) is 2. The molecule has 2 atom stereocenters. The van der Waals surface area contributed by atoms with Crippen molar-refractivity contribution in [1.82, 2.24) is 0 Å². The molecule has 0 heterocycles. The van der Waals surface area contributed by atoms with E-state index in [1.165, 1.54) is 18.2 Å². The number of Topliss-reactive ketones (excluding diaryl/α,β-unsaturated/α-hetero) is 1. The second kappa shape index (κ2) is 6.80. The van der Waals surface area contributed by atoms with E-state index in [0.717, 1.165) is 11.1 Å². The molecule has 0 bridgehead atoms. The Bertz CT molecular complexity index is 849. The van der Waals surface area contributed by atoms with E-state index >= 15 is 0 Å². The minimum Gasteiger partial charge on any atom is -0.299 e. The number of nitro groups is 2. The standard InChI is InChI=1S/C18H16N2O5/c21-17-9-8-12-4-1-2-7-15(12)18(17)16(11-19(22)23)13-5-3-6-14(10-13)20(24)25/h1-7,10,16,18H,8-9,11H2. The maximum absolute atomic E-state index is 12.6. The minimum absolute atomic E-state index is 0.0583. The number of nitro benzene ring substituents is 1. The fraction of sp³-hybridized carbons (Fsp3) is 0.278. The van der Waals surface area contributed by atoms with Gasteiger partial charge >= 0.3 is 0 Å². The van der Waals surface area contributed by atoms with Gasteiger partial charge in [0.1, 0.15) is 5.78 Å². The Morgan fingerprint density at radius 3 is 2.52 bits per heavy atom. The number of benzene rings is 2. The van der Waals surface area contributed by atoms with Gasteiger partial charge in [-0.2, -0.15) is 0 Å². The second-order valence-electron chi connectivity index (χ2n) is 6.12. The highest BCUT2D eigenvalue weighted by Gasteiger charge is 2.38. The monoisotopic (exact) mass is 340 g/mol. The van der Waals surface area contributed by atoms with Crippen molar-refractivity contribution in [2.45, 2.75) is 24.7 Å². The summed E-state index contributed by atoms with van der Waals surface area (Å²) in [5.74, 6) is -1.45. The van der Waals surface area contributed by atoms with Crippen molar-refractivity contribution >= 4 is 11.5 Å². The molecule has 128 valence electrons. The van der Waals surface area contributed by atoms with Crippen molar-refractivity contribution in [2.75, 3.05) is 6.54 Å². The quantitative estimate of drug-likeness (QED) is 0.614. The van der Waals surface area contributed by atoms with Gasteiger partial charge in [-0.05, 0) is 23.1 Å². The zero-order chi connectivity index (χ0) is 18.0. The molecule has 1 aliphatic rings. The first-order chi connectivity index (χ1) is 12.0. The first-order valence-corrected chi connectivity index (χ1v) is 7.94. The Hall–Kier alpha value is -3.09.